The molecule has 2 heterocycles. The summed E-state index contributed by atoms with van der Waals surface area (Å²) in [7, 11) is 0.0556. The Morgan fingerprint density at radius 1 is 1.42 bits per heavy atom. The van der Waals surface area contributed by atoms with Gasteiger partial charge in [-0.15, -0.1) is 11.3 Å². The second-order valence-electron chi connectivity index (χ2n) is 4.47. The van der Waals surface area contributed by atoms with E-state index in [1.54, 1.807) is 29.2 Å². The third kappa shape index (κ3) is 2.58. The molecule has 7 heteroatoms. The molecule has 0 amide bonds. The molecule has 2 rings (SSSR count). The first-order valence-corrected chi connectivity index (χ1v) is 8.15. The van der Waals surface area contributed by atoms with Gasteiger partial charge in [0.25, 0.3) is 10.0 Å². The van der Waals surface area contributed by atoms with Gasteiger partial charge >= 0.3 is 0 Å². The fourth-order valence-corrected chi connectivity index (χ4v) is 4.26. The van der Waals surface area contributed by atoms with Crippen LogP contribution in [0.2, 0.25) is 0 Å². The summed E-state index contributed by atoms with van der Waals surface area (Å²) in [6, 6.07) is 3.37. The molecule has 0 aliphatic rings. The Hall–Kier alpha value is -1.18. The van der Waals surface area contributed by atoms with E-state index in [2.05, 4.69) is 5.10 Å². The van der Waals surface area contributed by atoms with Crippen LogP contribution in [0.5, 0.6) is 0 Å². The molecule has 0 atom stereocenters. The number of sulfonamides is 1. The summed E-state index contributed by atoms with van der Waals surface area (Å²) in [5.74, 6) is 0. The van der Waals surface area contributed by atoms with E-state index in [9.17, 15) is 8.42 Å². The van der Waals surface area contributed by atoms with Crippen LogP contribution >= 0.6 is 11.3 Å². The van der Waals surface area contributed by atoms with Gasteiger partial charge in [0.15, 0.2) is 0 Å². The van der Waals surface area contributed by atoms with Crippen molar-refractivity contribution in [1.29, 1.82) is 0 Å². The Labute approximate surface area is 117 Å². The molecule has 0 spiro atoms. The van der Waals surface area contributed by atoms with Gasteiger partial charge in [-0.3, -0.25) is 4.68 Å². The van der Waals surface area contributed by atoms with Gasteiger partial charge in [0.1, 0.15) is 4.21 Å². The first-order valence-electron chi connectivity index (χ1n) is 5.83. The van der Waals surface area contributed by atoms with Crippen molar-refractivity contribution in [2.24, 2.45) is 7.05 Å². The largest absolute Gasteiger partial charge is 0.272 e. The number of aromatic nitrogens is 2. The van der Waals surface area contributed by atoms with Gasteiger partial charge in [-0.2, -0.15) is 9.40 Å². The van der Waals surface area contributed by atoms with Crippen LogP contribution in [0.4, 0.5) is 0 Å². The van der Waals surface area contributed by atoms with E-state index in [0.29, 0.717) is 10.8 Å². The molecule has 0 aliphatic carbocycles. The average Bonchev–Trinajstić information content (AvgIpc) is 2.94. The highest BCUT2D eigenvalue weighted by molar-refractivity contribution is 7.91. The molecule has 2 aromatic heterocycles. The number of aryl methyl sites for hydroxylation is 2. The molecule has 104 valence electrons. The summed E-state index contributed by atoms with van der Waals surface area (Å²) in [5, 5.41) is 6.07. The predicted molar refractivity (Wildman–Crippen MR) is 75.7 cm³/mol. The third-order valence-corrected chi connectivity index (χ3v) is 6.38. The summed E-state index contributed by atoms with van der Waals surface area (Å²) in [6.45, 7) is 4.18. The molecular formula is C12H17N3O2S2. The minimum absolute atomic E-state index is 0.339. The van der Waals surface area contributed by atoms with Crippen LogP contribution in [0.15, 0.2) is 21.7 Å². The Bertz CT molecular complexity index is 672. The van der Waals surface area contributed by atoms with Crippen LogP contribution < -0.4 is 0 Å². The Balaban J connectivity index is 2.29. The lowest BCUT2D eigenvalue weighted by atomic mass is 10.2. The van der Waals surface area contributed by atoms with Gasteiger partial charge in [0.05, 0.1) is 5.69 Å². The SMILES string of the molecule is Cc1nn(C)c(C)c1CN(C)S(=O)(=O)c1cccs1. The molecule has 19 heavy (non-hydrogen) atoms. The minimum atomic E-state index is -3.40. The van der Waals surface area contributed by atoms with E-state index in [4.69, 9.17) is 0 Å². The summed E-state index contributed by atoms with van der Waals surface area (Å²) in [5.41, 5.74) is 2.82. The van der Waals surface area contributed by atoms with Crippen LogP contribution in [0.3, 0.4) is 0 Å². The number of hydrogen-bond donors (Lipinski definition) is 0. The Kier molecular flexibility index (Phi) is 3.80. The molecule has 0 saturated carbocycles. The van der Waals surface area contributed by atoms with Crippen LogP contribution in [0, 0.1) is 13.8 Å². The normalized spacial score (nSPS) is 12.3. The molecule has 0 saturated heterocycles. The molecule has 0 aromatic carbocycles. The highest BCUT2D eigenvalue weighted by Crippen LogP contribution is 2.23. The topological polar surface area (TPSA) is 55.2 Å². The van der Waals surface area contributed by atoms with Crippen molar-refractivity contribution >= 4 is 21.4 Å². The summed E-state index contributed by atoms with van der Waals surface area (Å²) < 4.78 is 28.2. The third-order valence-electron chi connectivity index (χ3n) is 3.20. The maximum Gasteiger partial charge on any atom is 0.252 e. The van der Waals surface area contributed by atoms with E-state index in [0.717, 1.165) is 17.0 Å². The molecule has 0 N–H and O–H groups in total. The van der Waals surface area contributed by atoms with Crippen LogP contribution in [-0.2, 0) is 23.6 Å². The van der Waals surface area contributed by atoms with Crippen LogP contribution in [0.1, 0.15) is 17.0 Å². The van der Waals surface area contributed by atoms with Gasteiger partial charge in [-0.1, -0.05) is 6.07 Å². The Morgan fingerprint density at radius 3 is 2.58 bits per heavy atom. The van der Waals surface area contributed by atoms with E-state index in [-0.39, 0.29) is 0 Å². The fourth-order valence-electron chi connectivity index (χ4n) is 1.92. The van der Waals surface area contributed by atoms with Crippen LogP contribution in [0.25, 0.3) is 0 Å². The molecule has 5 nitrogen and oxygen atoms in total. The number of thiophene rings is 1. The average molecular weight is 299 g/mol. The van der Waals surface area contributed by atoms with Gasteiger partial charge in [0.2, 0.25) is 0 Å². The van der Waals surface area contributed by atoms with Gasteiger partial charge in [-0.25, -0.2) is 8.42 Å². The Morgan fingerprint density at radius 2 is 2.11 bits per heavy atom. The second kappa shape index (κ2) is 5.07. The number of nitrogens with zero attached hydrogens (tertiary/aromatic N) is 3. The molecule has 0 bridgehead atoms. The van der Waals surface area contributed by atoms with Crippen molar-refractivity contribution in [2.45, 2.75) is 24.6 Å². The lowest BCUT2D eigenvalue weighted by molar-refractivity contribution is 0.466. The first-order chi connectivity index (χ1) is 8.84. The molecule has 0 radical (unpaired) electrons. The van der Waals surface area contributed by atoms with Crippen molar-refractivity contribution in [1.82, 2.24) is 14.1 Å². The molecular weight excluding hydrogens is 282 g/mol. The van der Waals surface area contributed by atoms with E-state index in [1.807, 2.05) is 20.9 Å². The fraction of sp³-hybridized carbons (Fsp3) is 0.417. The summed E-state index contributed by atoms with van der Waals surface area (Å²) in [6.07, 6.45) is 0. The van der Waals surface area contributed by atoms with Crippen molar-refractivity contribution in [3.63, 3.8) is 0 Å². The monoisotopic (exact) mass is 299 g/mol. The number of rotatable bonds is 4. The zero-order valence-corrected chi connectivity index (χ0v) is 13.0. The quantitative estimate of drug-likeness (QED) is 0.866. The maximum atomic E-state index is 12.3. The number of hydrogen-bond acceptors (Lipinski definition) is 4. The van der Waals surface area contributed by atoms with E-state index < -0.39 is 10.0 Å². The molecule has 0 unspecified atom stereocenters. The smallest absolute Gasteiger partial charge is 0.252 e. The zero-order chi connectivity index (χ0) is 14.2. The maximum absolute atomic E-state index is 12.3. The van der Waals surface area contributed by atoms with E-state index >= 15 is 0 Å². The lowest BCUT2D eigenvalue weighted by Crippen LogP contribution is -2.26. The first kappa shape index (κ1) is 14.2. The van der Waals surface area contributed by atoms with Crippen molar-refractivity contribution in [3.05, 3.63) is 34.5 Å². The lowest BCUT2D eigenvalue weighted by Gasteiger charge is -2.16. The van der Waals surface area contributed by atoms with E-state index in [1.165, 1.54) is 15.6 Å². The summed E-state index contributed by atoms with van der Waals surface area (Å²) >= 11 is 1.23. The van der Waals surface area contributed by atoms with Crippen LogP contribution in [-0.4, -0.2) is 29.6 Å². The van der Waals surface area contributed by atoms with Crippen molar-refractivity contribution in [3.8, 4) is 0 Å². The summed E-state index contributed by atoms with van der Waals surface area (Å²) in [4.78, 5) is 0. The van der Waals surface area contributed by atoms with Crippen molar-refractivity contribution in [2.75, 3.05) is 7.05 Å². The molecule has 2 aromatic rings. The standard InChI is InChI=1S/C12H17N3O2S2/c1-9-11(10(2)15(4)13-9)8-14(3)19(16,17)12-6-5-7-18-12/h5-7H,8H2,1-4H3. The zero-order valence-electron chi connectivity index (χ0n) is 11.4. The molecule has 0 aliphatic heterocycles. The second-order valence-corrected chi connectivity index (χ2v) is 7.69. The molecule has 0 fully saturated rings. The van der Waals surface area contributed by atoms with Crippen molar-refractivity contribution < 1.29 is 8.42 Å². The van der Waals surface area contributed by atoms with Gasteiger partial charge < -0.3 is 0 Å². The predicted octanol–water partition coefficient (Wildman–Crippen LogP) is 1.92. The highest BCUT2D eigenvalue weighted by atomic mass is 32.2. The van der Waals surface area contributed by atoms with Gasteiger partial charge in [-0.05, 0) is 25.3 Å². The van der Waals surface area contributed by atoms with Gasteiger partial charge in [0, 0.05) is 31.9 Å². The minimum Gasteiger partial charge on any atom is -0.272 e. The highest BCUT2D eigenvalue weighted by Gasteiger charge is 2.23.